The second-order valence-electron chi connectivity index (χ2n) is 6.74. The number of rotatable bonds is 2. The molecule has 4 rings (SSSR count). The zero-order valence-corrected chi connectivity index (χ0v) is 12.9. The minimum Gasteiger partial charge on any atom is -0.342 e. The first-order valence-electron chi connectivity index (χ1n) is 8.47. The number of imidazole rings is 1. The van der Waals surface area contributed by atoms with Crippen LogP contribution >= 0.6 is 0 Å². The van der Waals surface area contributed by atoms with Crippen LogP contribution in [0.1, 0.15) is 55.8 Å². The number of H-pyrrole nitrogens is 1. The Bertz CT molecular complexity index is 705. The number of nitriles is 1. The molecule has 1 aromatic heterocycles. The minimum atomic E-state index is 0.514. The first kappa shape index (κ1) is 13.8. The summed E-state index contributed by atoms with van der Waals surface area (Å²) in [5.74, 6) is 1.61. The molecule has 0 bridgehead atoms. The molecule has 4 nitrogen and oxygen atoms in total. The van der Waals surface area contributed by atoms with E-state index in [-0.39, 0.29) is 0 Å². The molecule has 114 valence electrons. The van der Waals surface area contributed by atoms with Gasteiger partial charge in [0.2, 0.25) is 0 Å². The SMILES string of the molecule is N#Cc1ccc2nc(C3CCN(C4CCCCC4)C3)[nH]c2c1. The standard InChI is InChI=1S/C18H22N4/c19-11-13-6-7-16-17(10-13)21-18(20-16)14-8-9-22(12-14)15-4-2-1-3-5-15/h6-7,10,14-15H,1-5,8-9,12H2,(H,20,21). The Balaban J connectivity index is 1.51. The van der Waals surface area contributed by atoms with Crippen LogP contribution in [0.4, 0.5) is 0 Å². The van der Waals surface area contributed by atoms with Gasteiger partial charge in [0.15, 0.2) is 0 Å². The lowest BCUT2D eigenvalue weighted by Crippen LogP contribution is -2.34. The van der Waals surface area contributed by atoms with E-state index in [2.05, 4.69) is 16.0 Å². The second kappa shape index (κ2) is 5.73. The summed E-state index contributed by atoms with van der Waals surface area (Å²) in [5.41, 5.74) is 2.66. The second-order valence-corrected chi connectivity index (χ2v) is 6.74. The van der Waals surface area contributed by atoms with Crippen molar-refractivity contribution in [1.82, 2.24) is 14.9 Å². The van der Waals surface area contributed by atoms with Gasteiger partial charge < -0.3 is 4.98 Å². The quantitative estimate of drug-likeness (QED) is 0.921. The third-order valence-corrected chi connectivity index (χ3v) is 5.33. The van der Waals surface area contributed by atoms with Crippen molar-refractivity contribution in [3.8, 4) is 6.07 Å². The molecule has 0 amide bonds. The Kier molecular flexibility index (Phi) is 3.59. The van der Waals surface area contributed by atoms with Crippen molar-refractivity contribution in [2.45, 2.75) is 50.5 Å². The summed E-state index contributed by atoms with van der Waals surface area (Å²) in [5, 5.41) is 9.00. The summed E-state index contributed by atoms with van der Waals surface area (Å²) in [6.45, 7) is 2.34. The topological polar surface area (TPSA) is 55.7 Å². The van der Waals surface area contributed by atoms with Gasteiger partial charge in [0, 0.05) is 18.5 Å². The molecule has 1 atom stereocenters. The van der Waals surface area contributed by atoms with Crippen LogP contribution in [-0.4, -0.2) is 34.0 Å². The monoisotopic (exact) mass is 294 g/mol. The fraction of sp³-hybridized carbons (Fsp3) is 0.556. The number of fused-ring (bicyclic) bond motifs is 1. The van der Waals surface area contributed by atoms with Crippen LogP contribution in [0.5, 0.6) is 0 Å². The third kappa shape index (κ3) is 2.50. The summed E-state index contributed by atoms with van der Waals surface area (Å²) < 4.78 is 0. The van der Waals surface area contributed by atoms with E-state index in [1.54, 1.807) is 0 Å². The van der Waals surface area contributed by atoms with E-state index in [4.69, 9.17) is 10.2 Å². The van der Waals surface area contributed by atoms with Crippen molar-refractivity contribution in [2.75, 3.05) is 13.1 Å². The number of benzene rings is 1. The molecule has 1 aliphatic carbocycles. The van der Waals surface area contributed by atoms with Crippen LogP contribution in [0, 0.1) is 11.3 Å². The zero-order chi connectivity index (χ0) is 14.9. The maximum absolute atomic E-state index is 9.00. The van der Waals surface area contributed by atoms with Crippen molar-refractivity contribution in [3.63, 3.8) is 0 Å². The molecule has 2 aliphatic rings. The van der Waals surface area contributed by atoms with Crippen molar-refractivity contribution in [3.05, 3.63) is 29.6 Å². The molecule has 1 unspecified atom stereocenters. The van der Waals surface area contributed by atoms with E-state index < -0.39 is 0 Å². The Morgan fingerprint density at radius 3 is 2.86 bits per heavy atom. The van der Waals surface area contributed by atoms with E-state index in [0.29, 0.717) is 11.5 Å². The Labute approximate surface area is 131 Å². The molecule has 1 saturated carbocycles. The molecule has 0 spiro atoms. The van der Waals surface area contributed by atoms with Gasteiger partial charge in [-0.1, -0.05) is 19.3 Å². The highest BCUT2D eigenvalue weighted by atomic mass is 15.2. The largest absolute Gasteiger partial charge is 0.342 e. The lowest BCUT2D eigenvalue weighted by molar-refractivity contribution is 0.189. The Morgan fingerprint density at radius 2 is 2.05 bits per heavy atom. The number of aromatic amines is 1. The average molecular weight is 294 g/mol. The number of nitrogens with zero attached hydrogens (tertiary/aromatic N) is 3. The van der Waals surface area contributed by atoms with Gasteiger partial charge >= 0.3 is 0 Å². The molecule has 2 fully saturated rings. The van der Waals surface area contributed by atoms with E-state index in [1.807, 2.05) is 18.2 Å². The predicted molar refractivity (Wildman–Crippen MR) is 86.6 cm³/mol. The maximum Gasteiger partial charge on any atom is 0.111 e. The summed E-state index contributed by atoms with van der Waals surface area (Å²) >= 11 is 0. The normalized spacial score (nSPS) is 23.9. The first-order valence-corrected chi connectivity index (χ1v) is 8.47. The van der Waals surface area contributed by atoms with E-state index >= 15 is 0 Å². The number of hydrogen-bond donors (Lipinski definition) is 1. The van der Waals surface area contributed by atoms with Gasteiger partial charge in [-0.3, -0.25) is 4.90 Å². The lowest BCUT2D eigenvalue weighted by Gasteiger charge is -2.30. The van der Waals surface area contributed by atoms with Gasteiger partial charge in [0.1, 0.15) is 5.82 Å². The first-order chi connectivity index (χ1) is 10.8. The van der Waals surface area contributed by atoms with Gasteiger partial charge in [-0.05, 0) is 44.0 Å². The molecular weight excluding hydrogens is 272 g/mol. The molecule has 1 aliphatic heterocycles. The molecule has 22 heavy (non-hydrogen) atoms. The molecule has 1 saturated heterocycles. The summed E-state index contributed by atoms with van der Waals surface area (Å²) in [7, 11) is 0. The van der Waals surface area contributed by atoms with Crippen molar-refractivity contribution >= 4 is 11.0 Å². The molecule has 1 N–H and O–H groups in total. The smallest absolute Gasteiger partial charge is 0.111 e. The van der Waals surface area contributed by atoms with E-state index in [0.717, 1.165) is 29.4 Å². The van der Waals surface area contributed by atoms with Crippen LogP contribution < -0.4 is 0 Å². The van der Waals surface area contributed by atoms with Gasteiger partial charge in [-0.15, -0.1) is 0 Å². The maximum atomic E-state index is 9.00. The molecule has 2 heterocycles. The van der Waals surface area contributed by atoms with Crippen LogP contribution in [0.3, 0.4) is 0 Å². The van der Waals surface area contributed by atoms with Crippen molar-refractivity contribution < 1.29 is 0 Å². The number of nitrogens with one attached hydrogen (secondary N) is 1. The predicted octanol–water partition coefficient (Wildman–Crippen LogP) is 3.56. The fourth-order valence-electron chi connectivity index (χ4n) is 4.08. The lowest BCUT2D eigenvalue weighted by atomic mass is 9.94. The Hall–Kier alpha value is -1.86. The zero-order valence-electron chi connectivity index (χ0n) is 12.9. The average Bonchev–Trinajstić information content (AvgIpc) is 3.21. The number of aromatic nitrogens is 2. The summed E-state index contributed by atoms with van der Waals surface area (Å²) in [4.78, 5) is 10.9. The van der Waals surface area contributed by atoms with Gasteiger partial charge in [0.05, 0.1) is 22.7 Å². The van der Waals surface area contributed by atoms with Crippen molar-refractivity contribution in [2.24, 2.45) is 0 Å². The van der Waals surface area contributed by atoms with Gasteiger partial charge in [0.25, 0.3) is 0 Å². The van der Waals surface area contributed by atoms with Crippen LogP contribution in [0.15, 0.2) is 18.2 Å². The highest BCUT2D eigenvalue weighted by Crippen LogP contribution is 2.32. The van der Waals surface area contributed by atoms with Crippen molar-refractivity contribution in [1.29, 1.82) is 5.26 Å². The van der Waals surface area contributed by atoms with Crippen LogP contribution in [-0.2, 0) is 0 Å². The minimum absolute atomic E-state index is 0.514. The highest BCUT2D eigenvalue weighted by Gasteiger charge is 2.31. The fourth-order valence-corrected chi connectivity index (χ4v) is 4.08. The van der Waals surface area contributed by atoms with Crippen LogP contribution in [0.25, 0.3) is 11.0 Å². The third-order valence-electron chi connectivity index (χ3n) is 5.33. The molecule has 1 aromatic carbocycles. The van der Waals surface area contributed by atoms with E-state index in [9.17, 15) is 0 Å². The highest BCUT2D eigenvalue weighted by molar-refractivity contribution is 5.76. The molecule has 0 radical (unpaired) electrons. The van der Waals surface area contributed by atoms with Gasteiger partial charge in [-0.25, -0.2) is 4.98 Å². The molecule has 4 heteroatoms. The molecule has 2 aromatic rings. The Morgan fingerprint density at radius 1 is 1.18 bits per heavy atom. The summed E-state index contributed by atoms with van der Waals surface area (Å²) in [6.07, 6.45) is 8.15. The van der Waals surface area contributed by atoms with Gasteiger partial charge in [-0.2, -0.15) is 5.26 Å². The summed E-state index contributed by atoms with van der Waals surface area (Å²) in [6, 6.07) is 8.68. The van der Waals surface area contributed by atoms with Crippen LogP contribution in [0.2, 0.25) is 0 Å². The number of hydrogen-bond acceptors (Lipinski definition) is 3. The molecular formula is C18H22N4. The number of likely N-dealkylation sites (tertiary alicyclic amines) is 1. The van der Waals surface area contributed by atoms with E-state index in [1.165, 1.54) is 45.1 Å².